The summed E-state index contributed by atoms with van der Waals surface area (Å²) in [5.41, 5.74) is 6.18. The van der Waals surface area contributed by atoms with Crippen molar-refractivity contribution in [2.24, 2.45) is 0 Å². The molecule has 0 heterocycles. The highest BCUT2D eigenvalue weighted by molar-refractivity contribution is 7.92. The fraction of sp³-hybridized carbons (Fsp3) is 0.0714. The summed E-state index contributed by atoms with van der Waals surface area (Å²) in [4.78, 5) is 11.8. The minimum Gasteiger partial charge on any atom is -0.398 e. The molecule has 0 aliphatic rings. The summed E-state index contributed by atoms with van der Waals surface area (Å²) in [5.74, 6) is -1.34. The van der Waals surface area contributed by atoms with Gasteiger partial charge in [-0.3, -0.25) is 4.79 Å². The third kappa shape index (κ3) is 3.96. The summed E-state index contributed by atoms with van der Waals surface area (Å²) in [6.07, 6.45) is 0. The zero-order valence-electron chi connectivity index (χ0n) is 10.9. The Morgan fingerprint density at radius 1 is 1.14 bits per heavy atom. The van der Waals surface area contributed by atoms with E-state index in [2.05, 4.69) is 5.32 Å². The van der Waals surface area contributed by atoms with E-state index in [1.54, 1.807) is 30.3 Å². The van der Waals surface area contributed by atoms with Gasteiger partial charge in [-0.2, -0.15) is 0 Å². The van der Waals surface area contributed by atoms with Gasteiger partial charge < -0.3 is 11.1 Å². The maximum atomic E-state index is 12.2. The number of rotatable bonds is 4. The molecule has 0 spiro atoms. The number of sulfone groups is 1. The van der Waals surface area contributed by atoms with Gasteiger partial charge in [0.1, 0.15) is 5.75 Å². The molecule has 0 aliphatic carbocycles. The summed E-state index contributed by atoms with van der Waals surface area (Å²) >= 11 is 5.79. The number of benzene rings is 2. The average Bonchev–Trinajstić information content (AvgIpc) is 2.38. The minimum absolute atomic E-state index is 0.0498. The summed E-state index contributed by atoms with van der Waals surface area (Å²) in [6, 6.07) is 12.5. The van der Waals surface area contributed by atoms with E-state index in [0.717, 1.165) is 0 Å². The predicted molar refractivity (Wildman–Crippen MR) is 83.0 cm³/mol. The van der Waals surface area contributed by atoms with Crippen LogP contribution in [0.3, 0.4) is 0 Å². The van der Waals surface area contributed by atoms with E-state index >= 15 is 0 Å². The number of anilines is 2. The molecule has 2 rings (SSSR count). The van der Waals surface area contributed by atoms with Gasteiger partial charge in [0.15, 0.2) is 9.84 Å². The van der Waals surface area contributed by atoms with E-state index in [9.17, 15) is 13.2 Å². The van der Waals surface area contributed by atoms with Crippen molar-refractivity contribution in [1.29, 1.82) is 0 Å². The molecule has 2 aromatic rings. The van der Waals surface area contributed by atoms with Crippen molar-refractivity contribution in [2.45, 2.75) is 4.90 Å². The van der Waals surface area contributed by atoms with Crippen molar-refractivity contribution >= 4 is 38.7 Å². The molecule has 7 heteroatoms. The first-order valence-electron chi connectivity index (χ1n) is 6.01. The average molecular weight is 325 g/mol. The van der Waals surface area contributed by atoms with Crippen LogP contribution in [0.25, 0.3) is 0 Å². The molecule has 0 fully saturated rings. The predicted octanol–water partition coefficient (Wildman–Crippen LogP) is 2.33. The van der Waals surface area contributed by atoms with E-state index in [1.165, 1.54) is 18.2 Å². The number of nitrogen functional groups attached to an aromatic ring is 1. The molecule has 0 saturated carbocycles. The Hall–Kier alpha value is -2.05. The largest absolute Gasteiger partial charge is 0.398 e. The van der Waals surface area contributed by atoms with Gasteiger partial charge >= 0.3 is 0 Å². The Balaban J connectivity index is 2.14. The van der Waals surface area contributed by atoms with Crippen molar-refractivity contribution in [2.75, 3.05) is 16.8 Å². The van der Waals surface area contributed by atoms with Crippen LogP contribution < -0.4 is 11.1 Å². The second-order valence-electron chi connectivity index (χ2n) is 4.36. The molecule has 0 unspecified atom stereocenters. The van der Waals surface area contributed by atoms with Gasteiger partial charge in [-0.25, -0.2) is 8.42 Å². The molecule has 3 N–H and O–H groups in total. The number of carbonyl (C=O) groups is 1. The van der Waals surface area contributed by atoms with Gasteiger partial charge in [-0.05, 0) is 30.3 Å². The first-order valence-corrected chi connectivity index (χ1v) is 8.04. The van der Waals surface area contributed by atoms with Gasteiger partial charge in [0.25, 0.3) is 0 Å². The van der Waals surface area contributed by atoms with Gasteiger partial charge in [-0.15, -0.1) is 0 Å². The van der Waals surface area contributed by atoms with Crippen LogP contribution in [-0.4, -0.2) is 20.1 Å². The molecule has 0 radical (unpaired) electrons. The number of halogens is 1. The van der Waals surface area contributed by atoms with Crippen molar-refractivity contribution in [3.05, 3.63) is 53.6 Å². The lowest BCUT2D eigenvalue weighted by atomic mass is 10.3. The normalized spacial score (nSPS) is 11.1. The van der Waals surface area contributed by atoms with Crippen molar-refractivity contribution < 1.29 is 13.2 Å². The number of nitrogens with two attached hydrogens (primary N) is 1. The summed E-state index contributed by atoms with van der Waals surface area (Å²) in [5, 5.41) is 2.93. The quantitative estimate of drug-likeness (QED) is 0.845. The molecular weight excluding hydrogens is 312 g/mol. The van der Waals surface area contributed by atoms with Crippen LogP contribution in [0, 0.1) is 0 Å². The fourth-order valence-corrected chi connectivity index (χ4v) is 3.25. The van der Waals surface area contributed by atoms with Crippen LogP contribution in [0.1, 0.15) is 0 Å². The van der Waals surface area contributed by atoms with Crippen molar-refractivity contribution in [1.82, 2.24) is 0 Å². The first-order chi connectivity index (χ1) is 9.88. The van der Waals surface area contributed by atoms with E-state index in [0.29, 0.717) is 10.7 Å². The highest BCUT2D eigenvalue weighted by Gasteiger charge is 2.21. The molecule has 0 saturated heterocycles. The molecule has 0 bridgehead atoms. The summed E-state index contributed by atoms with van der Waals surface area (Å²) in [6.45, 7) is 0. The maximum Gasteiger partial charge on any atom is 0.239 e. The molecule has 110 valence electrons. The number of amides is 1. The second kappa shape index (κ2) is 6.15. The third-order valence-corrected chi connectivity index (χ3v) is 4.60. The van der Waals surface area contributed by atoms with E-state index < -0.39 is 21.5 Å². The second-order valence-corrected chi connectivity index (χ2v) is 6.75. The number of carbonyl (C=O) groups excluding carboxylic acids is 1. The SMILES string of the molecule is Nc1ccccc1S(=O)(=O)CC(=O)Nc1cccc(Cl)c1. The summed E-state index contributed by atoms with van der Waals surface area (Å²) < 4.78 is 24.3. The summed E-state index contributed by atoms with van der Waals surface area (Å²) in [7, 11) is -3.79. The van der Waals surface area contributed by atoms with Crippen LogP contribution in [-0.2, 0) is 14.6 Å². The zero-order valence-corrected chi connectivity index (χ0v) is 12.5. The molecular formula is C14H13ClN2O3S. The van der Waals surface area contributed by atoms with Crippen LogP contribution in [0.2, 0.25) is 5.02 Å². The smallest absolute Gasteiger partial charge is 0.239 e. The molecule has 2 aromatic carbocycles. The van der Waals surface area contributed by atoms with Gasteiger partial charge in [-0.1, -0.05) is 29.8 Å². The van der Waals surface area contributed by atoms with Crippen LogP contribution in [0.4, 0.5) is 11.4 Å². The number of nitrogens with one attached hydrogen (secondary N) is 1. The molecule has 21 heavy (non-hydrogen) atoms. The van der Waals surface area contributed by atoms with Crippen molar-refractivity contribution in [3.63, 3.8) is 0 Å². The van der Waals surface area contributed by atoms with Crippen LogP contribution in [0.15, 0.2) is 53.4 Å². The lowest BCUT2D eigenvalue weighted by Crippen LogP contribution is -2.23. The Morgan fingerprint density at radius 2 is 1.86 bits per heavy atom. The lowest BCUT2D eigenvalue weighted by molar-refractivity contribution is -0.113. The maximum absolute atomic E-state index is 12.2. The number of hydrogen-bond acceptors (Lipinski definition) is 4. The highest BCUT2D eigenvalue weighted by atomic mass is 35.5. The zero-order chi connectivity index (χ0) is 15.5. The Kier molecular flexibility index (Phi) is 4.50. The number of para-hydroxylation sites is 1. The molecule has 0 aliphatic heterocycles. The van der Waals surface area contributed by atoms with Crippen LogP contribution in [0.5, 0.6) is 0 Å². The Morgan fingerprint density at radius 3 is 2.52 bits per heavy atom. The van der Waals surface area contributed by atoms with Crippen LogP contribution >= 0.6 is 11.6 Å². The molecule has 0 atom stereocenters. The third-order valence-electron chi connectivity index (χ3n) is 2.68. The topological polar surface area (TPSA) is 89.3 Å². The lowest BCUT2D eigenvalue weighted by Gasteiger charge is -2.08. The highest BCUT2D eigenvalue weighted by Crippen LogP contribution is 2.19. The van der Waals surface area contributed by atoms with Gasteiger partial charge in [0, 0.05) is 10.7 Å². The van der Waals surface area contributed by atoms with E-state index in [-0.39, 0.29) is 10.6 Å². The Labute approximate surface area is 127 Å². The van der Waals surface area contributed by atoms with E-state index in [1.807, 2.05) is 0 Å². The fourth-order valence-electron chi connectivity index (χ4n) is 1.78. The van der Waals surface area contributed by atoms with Gasteiger partial charge in [0.05, 0.1) is 10.6 Å². The standard InChI is InChI=1S/C14H13ClN2O3S/c15-10-4-3-5-11(8-10)17-14(18)9-21(19,20)13-7-2-1-6-12(13)16/h1-8H,9,16H2,(H,17,18). The monoisotopic (exact) mass is 324 g/mol. The Bertz CT molecular complexity index is 775. The molecule has 0 aromatic heterocycles. The minimum atomic E-state index is -3.79. The van der Waals surface area contributed by atoms with Crippen molar-refractivity contribution in [3.8, 4) is 0 Å². The van der Waals surface area contributed by atoms with Gasteiger partial charge in [0.2, 0.25) is 5.91 Å². The molecule has 5 nitrogen and oxygen atoms in total. The van der Waals surface area contributed by atoms with E-state index in [4.69, 9.17) is 17.3 Å². The molecule has 1 amide bonds. The number of hydrogen-bond donors (Lipinski definition) is 2. The first kappa shape index (κ1) is 15.3.